The third-order valence-corrected chi connectivity index (χ3v) is 3.67. The number of ether oxygens (including phenoxy) is 1. The Morgan fingerprint density at radius 1 is 1.24 bits per heavy atom. The molecule has 0 aromatic heterocycles. The maximum Gasteiger partial charge on any atom is 0.142 e. The van der Waals surface area contributed by atoms with Gasteiger partial charge in [0, 0.05) is 12.1 Å². The molecule has 1 unspecified atom stereocenters. The predicted molar refractivity (Wildman–Crippen MR) is 84.6 cm³/mol. The van der Waals surface area contributed by atoms with Crippen molar-refractivity contribution >= 4 is 11.6 Å². The molecule has 0 saturated carbocycles. The summed E-state index contributed by atoms with van der Waals surface area (Å²) in [5.74, 6) is 0.790. The molecule has 4 heteroatoms. The second-order valence-electron chi connectivity index (χ2n) is 5.15. The number of hydrogen-bond donors (Lipinski definition) is 1. The Bertz CT molecular complexity index is 630. The fourth-order valence-electron chi connectivity index (χ4n) is 2.07. The van der Waals surface area contributed by atoms with Crippen molar-refractivity contribution in [3.05, 3.63) is 58.4 Å². The molecule has 2 rings (SSSR count). The molecule has 2 aromatic rings. The Morgan fingerprint density at radius 3 is 2.62 bits per heavy atom. The molecule has 0 aliphatic heterocycles. The zero-order valence-electron chi connectivity index (χ0n) is 12.2. The van der Waals surface area contributed by atoms with Gasteiger partial charge in [-0.1, -0.05) is 30.7 Å². The van der Waals surface area contributed by atoms with Crippen LogP contribution in [0.4, 0.5) is 4.39 Å². The molecule has 0 heterocycles. The Hall–Kier alpha value is -1.58. The van der Waals surface area contributed by atoms with Crippen molar-refractivity contribution in [1.29, 1.82) is 0 Å². The van der Waals surface area contributed by atoms with E-state index in [2.05, 4.69) is 13.0 Å². The van der Waals surface area contributed by atoms with E-state index in [0.29, 0.717) is 5.75 Å². The van der Waals surface area contributed by atoms with Crippen LogP contribution in [0.2, 0.25) is 5.02 Å². The number of nitrogens with two attached hydrogens (primary N) is 1. The zero-order chi connectivity index (χ0) is 15.4. The predicted octanol–water partition coefficient (Wildman–Crippen LogP) is 4.86. The molecule has 21 heavy (non-hydrogen) atoms. The van der Waals surface area contributed by atoms with Gasteiger partial charge in [0.2, 0.25) is 0 Å². The van der Waals surface area contributed by atoms with Crippen molar-refractivity contribution in [2.24, 2.45) is 5.73 Å². The van der Waals surface area contributed by atoms with E-state index < -0.39 is 5.82 Å². The minimum atomic E-state index is -0.454. The molecule has 0 bridgehead atoms. The molecule has 2 aromatic carbocycles. The number of benzene rings is 2. The van der Waals surface area contributed by atoms with E-state index in [1.807, 2.05) is 19.1 Å². The minimum absolute atomic E-state index is 0.0516. The summed E-state index contributed by atoms with van der Waals surface area (Å²) in [6.45, 7) is 4.05. The lowest BCUT2D eigenvalue weighted by molar-refractivity contribution is 0.476. The second-order valence-corrected chi connectivity index (χ2v) is 5.56. The van der Waals surface area contributed by atoms with Crippen LogP contribution in [0, 0.1) is 12.7 Å². The van der Waals surface area contributed by atoms with Crippen LogP contribution < -0.4 is 10.5 Å². The average Bonchev–Trinajstić information content (AvgIpc) is 2.45. The van der Waals surface area contributed by atoms with Gasteiger partial charge >= 0.3 is 0 Å². The molecule has 0 radical (unpaired) electrons. The van der Waals surface area contributed by atoms with E-state index in [1.165, 1.54) is 17.7 Å². The molecule has 0 fully saturated rings. The van der Waals surface area contributed by atoms with Gasteiger partial charge in [-0.15, -0.1) is 0 Å². The van der Waals surface area contributed by atoms with Crippen LogP contribution in [0.1, 0.15) is 24.5 Å². The smallest absolute Gasteiger partial charge is 0.142 e. The van der Waals surface area contributed by atoms with Crippen LogP contribution >= 0.6 is 11.6 Å². The van der Waals surface area contributed by atoms with E-state index in [9.17, 15) is 4.39 Å². The standard InChI is InChI=1S/C17H19ClFNO/c1-3-13(20)9-12-4-7-17(11(2)8-12)21-14-5-6-16(19)15(18)10-14/h4-8,10,13H,3,9,20H2,1-2H3. The summed E-state index contributed by atoms with van der Waals surface area (Å²) >= 11 is 5.75. The molecular formula is C17H19ClFNO. The van der Waals surface area contributed by atoms with Gasteiger partial charge in [0.25, 0.3) is 0 Å². The number of aryl methyl sites for hydroxylation is 1. The summed E-state index contributed by atoms with van der Waals surface area (Å²) in [7, 11) is 0. The van der Waals surface area contributed by atoms with E-state index in [0.717, 1.165) is 24.2 Å². The summed E-state index contributed by atoms with van der Waals surface area (Å²) in [6, 6.07) is 10.5. The third-order valence-electron chi connectivity index (χ3n) is 3.38. The van der Waals surface area contributed by atoms with Crippen LogP contribution in [0.5, 0.6) is 11.5 Å². The summed E-state index contributed by atoms with van der Waals surface area (Å²) in [5.41, 5.74) is 8.16. The first-order valence-corrected chi connectivity index (χ1v) is 7.35. The van der Waals surface area contributed by atoms with Gasteiger partial charge in [0.15, 0.2) is 0 Å². The molecule has 112 valence electrons. The molecular weight excluding hydrogens is 289 g/mol. The van der Waals surface area contributed by atoms with Crippen LogP contribution in [-0.4, -0.2) is 6.04 Å². The summed E-state index contributed by atoms with van der Waals surface area (Å²) in [4.78, 5) is 0. The zero-order valence-corrected chi connectivity index (χ0v) is 13.0. The maximum absolute atomic E-state index is 13.1. The number of hydrogen-bond acceptors (Lipinski definition) is 2. The molecule has 2 nitrogen and oxygen atoms in total. The average molecular weight is 308 g/mol. The highest BCUT2D eigenvalue weighted by molar-refractivity contribution is 6.30. The molecule has 0 saturated heterocycles. The highest BCUT2D eigenvalue weighted by atomic mass is 35.5. The van der Waals surface area contributed by atoms with Crippen molar-refractivity contribution < 1.29 is 9.13 Å². The maximum atomic E-state index is 13.1. The minimum Gasteiger partial charge on any atom is -0.457 e. The van der Waals surface area contributed by atoms with Crippen molar-refractivity contribution in [2.45, 2.75) is 32.7 Å². The lowest BCUT2D eigenvalue weighted by atomic mass is 10.0. The fourth-order valence-corrected chi connectivity index (χ4v) is 2.24. The van der Waals surface area contributed by atoms with Gasteiger partial charge in [0.05, 0.1) is 5.02 Å². The van der Waals surface area contributed by atoms with Crippen molar-refractivity contribution in [3.8, 4) is 11.5 Å². The molecule has 1 atom stereocenters. The molecule has 0 amide bonds. The molecule has 0 spiro atoms. The lowest BCUT2D eigenvalue weighted by Crippen LogP contribution is -2.21. The summed E-state index contributed by atoms with van der Waals surface area (Å²) in [5, 5.41) is 0.0516. The van der Waals surface area contributed by atoms with Crippen molar-refractivity contribution in [2.75, 3.05) is 0 Å². The Morgan fingerprint density at radius 2 is 2.00 bits per heavy atom. The van der Waals surface area contributed by atoms with E-state index in [-0.39, 0.29) is 11.1 Å². The SMILES string of the molecule is CCC(N)Cc1ccc(Oc2ccc(F)c(Cl)c2)c(C)c1. The first-order valence-electron chi connectivity index (χ1n) is 6.97. The highest BCUT2D eigenvalue weighted by Gasteiger charge is 2.07. The summed E-state index contributed by atoms with van der Waals surface area (Å²) < 4.78 is 18.9. The van der Waals surface area contributed by atoms with Gasteiger partial charge in [-0.3, -0.25) is 0 Å². The normalized spacial score (nSPS) is 12.2. The van der Waals surface area contributed by atoms with E-state index in [1.54, 1.807) is 6.07 Å². The van der Waals surface area contributed by atoms with Gasteiger partial charge in [0.1, 0.15) is 17.3 Å². The second kappa shape index (κ2) is 6.92. The van der Waals surface area contributed by atoms with E-state index >= 15 is 0 Å². The highest BCUT2D eigenvalue weighted by Crippen LogP contribution is 2.29. The van der Waals surface area contributed by atoms with Crippen LogP contribution in [0.3, 0.4) is 0 Å². The Kier molecular flexibility index (Phi) is 5.21. The molecule has 2 N–H and O–H groups in total. The first-order chi connectivity index (χ1) is 9.99. The topological polar surface area (TPSA) is 35.2 Å². The monoisotopic (exact) mass is 307 g/mol. The number of rotatable bonds is 5. The van der Waals surface area contributed by atoms with Crippen molar-refractivity contribution in [3.63, 3.8) is 0 Å². The van der Waals surface area contributed by atoms with Gasteiger partial charge in [-0.25, -0.2) is 4.39 Å². The Balaban J connectivity index is 2.15. The number of halogens is 2. The third kappa shape index (κ3) is 4.19. The van der Waals surface area contributed by atoms with E-state index in [4.69, 9.17) is 22.1 Å². The largest absolute Gasteiger partial charge is 0.457 e. The van der Waals surface area contributed by atoms with Crippen LogP contribution in [0.25, 0.3) is 0 Å². The van der Waals surface area contributed by atoms with Crippen molar-refractivity contribution in [1.82, 2.24) is 0 Å². The van der Waals surface area contributed by atoms with Gasteiger partial charge < -0.3 is 10.5 Å². The van der Waals surface area contributed by atoms with Crippen LogP contribution in [-0.2, 0) is 6.42 Å². The first kappa shape index (κ1) is 15.8. The molecule has 0 aliphatic rings. The quantitative estimate of drug-likeness (QED) is 0.856. The molecule has 0 aliphatic carbocycles. The van der Waals surface area contributed by atoms with Gasteiger partial charge in [-0.2, -0.15) is 0 Å². The Labute approximate surface area is 129 Å². The fraction of sp³-hybridized carbons (Fsp3) is 0.294. The van der Waals surface area contributed by atoms with Gasteiger partial charge in [-0.05, 0) is 49.1 Å². The van der Waals surface area contributed by atoms with Crippen LogP contribution in [0.15, 0.2) is 36.4 Å². The lowest BCUT2D eigenvalue weighted by Gasteiger charge is -2.13. The summed E-state index contributed by atoms with van der Waals surface area (Å²) in [6.07, 6.45) is 1.80.